The Hall–Kier alpha value is -3.52. The lowest BCUT2D eigenvalue weighted by Gasteiger charge is -2.16. The molecule has 4 aromatic heterocycles. The van der Waals surface area contributed by atoms with Crippen LogP contribution in [0, 0.1) is 0 Å². The van der Waals surface area contributed by atoms with Gasteiger partial charge in [0.25, 0.3) is 0 Å². The van der Waals surface area contributed by atoms with E-state index < -0.39 is 0 Å². The normalized spacial score (nSPS) is 12.0. The molecule has 7 nitrogen and oxygen atoms in total. The summed E-state index contributed by atoms with van der Waals surface area (Å²) in [6.45, 7) is 0.159. The lowest BCUT2D eigenvalue weighted by atomic mass is 9.92. The van der Waals surface area contributed by atoms with E-state index in [9.17, 15) is 15.3 Å². The molecule has 3 N–H and O–H groups in total. The zero-order valence-corrected chi connectivity index (χ0v) is 18.9. The first-order chi connectivity index (χ1) is 16.7. The van der Waals surface area contributed by atoms with Crippen LogP contribution in [0.25, 0.3) is 22.8 Å². The highest BCUT2D eigenvalue weighted by atomic mass is 16.3. The highest BCUT2D eigenvalue weighted by Crippen LogP contribution is 2.26. The fraction of sp³-hybridized carbons (Fsp3) is 0.259. The Morgan fingerprint density at radius 1 is 0.559 bits per heavy atom. The fourth-order valence-corrected chi connectivity index (χ4v) is 3.95. The van der Waals surface area contributed by atoms with E-state index in [0.717, 1.165) is 45.0 Å². The highest BCUT2D eigenvalue weighted by Gasteiger charge is 2.15. The maximum Gasteiger partial charge on any atom is 0.0889 e. The molecule has 1 unspecified atom stereocenters. The lowest BCUT2D eigenvalue weighted by Crippen LogP contribution is -2.09. The molecule has 174 valence electrons. The van der Waals surface area contributed by atoms with Crippen molar-refractivity contribution in [3.8, 4) is 22.8 Å². The average Bonchev–Trinajstić information content (AvgIpc) is 2.88. The van der Waals surface area contributed by atoms with E-state index in [1.165, 1.54) is 0 Å². The highest BCUT2D eigenvalue weighted by molar-refractivity contribution is 5.57. The topological polar surface area (TPSA) is 112 Å². The van der Waals surface area contributed by atoms with Crippen LogP contribution in [-0.4, -0.2) is 55.1 Å². The summed E-state index contributed by atoms with van der Waals surface area (Å²) in [6.07, 6.45) is 8.72. The molecule has 4 aromatic rings. The number of aliphatic hydroxyl groups excluding tert-OH is 3. The molecule has 0 bridgehead atoms. The zero-order chi connectivity index (χ0) is 23.8. The Kier molecular flexibility index (Phi) is 8.04. The van der Waals surface area contributed by atoms with Gasteiger partial charge in [-0.3, -0.25) is 19.9 Å². The summed E-state index contributed by atoms with van der Waals surface area (Å²) in [6, 6.07) is 15.5. The molecule has 0 saturated carbocycles. The van der Waals surface area contributed by atoms with Crippen molar-refractivity contribution < 1.29 is 15.3 Å². The van der Waals surface area contributed by atoms with Crippen molar-refractivity contribution >= 4 is 0 Å². The van der Waals surface area contributed by atoms with Crippen LogP contribution < -0.4 is 0 Å². The van der Waals surface area contributed by atoms with Crippen LogP contribution in [0.2, 0.25) is 0 Å². The van der Waals surface area contributed by atoms with E-state index in [4.69, 9.17) is 0 Å². The van der Waals surface area contributed by atoms with Gasteiger partial charge >= 0.3 is 0 Å². The lowest BCUT2D eigenvalue weighted by molar-refractivity contribution is 0.264. The number of pyridine rings is 4. The maximum atomic E-state index is 10.2. The van der Waals surface area contributed by atoms with Crippen molar-refractivity contribution in [2.45, 2.75) is 25.2 Å². The van der Waals surface area contributed by atoms with Crippen LogP contribution in [0.4, 0.5) is 0 Å². The van der Waals surface area contributed by atoms with Gasteiger partial charge < -0.3 is 15.3 Å². The number of aromatic nitrogens is 4. The third-order valence-corrected chi connectivity index (χ3v) is 5.76. The second kappa shape index (κ2) is 11.6. The third-order valence-electron chi connectivity index (χ3n) is 5.76. The predicted molar refractivity (Wildman–Crippen MR) is 130 cm³/mol. The molecule has 0 spiro atoms. The van der Waals surface area contributed by atoms with Crippen LogP contribution >= 0.6 is 0 Å². The summed E-state index contributed by atoms with van der Waals surface area (Å²) in [5, 5.41) is 28.6. The van der Waals surface area contributed by atoms with E-state index in [1.54, 1.807) is 24.8 Å². The van der Waals surface area contributed by atoms with Gasteiger partial charge in [0.1, 0.15) is 0 Å². The summed E-state index contributed by atoms with van der Waals surface area (Å²) in [4.78, 5) is 17.8. The predicted octanol–water partition coefficient (Wildman–Crippen LogP) is 2.99. The average molecular weight is 457 g/mol. The van der Waals surface area contributed by atoms with Crippen LogP contribution in [0.5, 0.6) is 0 Å². The zero-order valence-electron chi connectivity index (χ0n) is 18.9. The van der Waals surface area contributed by atoms with Crippen molar-refractivity contribution in [2.75, 3.05) is 19.8 Å². The smallest absolute Gasteiger partial charge is 0.0889 e. The minimum atomic E-state index is -0.119. The summed E-state index contributed by atoms with van der Waals surface area (Å²) >= 11 is 0. The minimum absolute atomic E-state index is 0.0106. The third kappa shape index (κ3) is 5.88. The Labute approximate surface area is 198 Å². The Balaban J connectivity index is 1.56. The maximum absolute atomic E-state index is 10.2. The molecule has 34 heavy (non-hydrogen) atoms. The van der Waals surface area contributed by atoms with Crippen LogP contribution in [0.3, 0.4) is 0 Å². The monoisotopic (exact) mass is 456 g/mol. The Morgan fingerprint density at radius 3 is 1.50 bits per heavy atom. The summed E-state index contributed by atoms with van der Waals surface area (Å²) in [5.74, 6) is -0.119. The first kappa shape index (κ1) is 23.6. The number of rotatable bonds is 10. The molecule has 7 heteroatoms. The number of hydrogen-bond acceptors (Lipinski definition) is 7. The molecule has 4 rings (SSSR count). The Morgan fingerprint density at radius 2 is 1.00 bits per heavy atom. The molecule has 0 aromatic carbocycles. The van der Waals surface area contributed by atoms with Gasteiger partial charge in [-0.05, 0) is 90.0 Å². The van der Waals surface area contributed by atoms with Crippen LogP contribution in [0.1, 0.15) is 28.2 Å². The first-order valence-electron chi connectivity index (χ1n) is 11.3. The van der Waals surface area contributed by atoms with Crippen molar-refractivity contribution in [3.63, 3.8) is 0 Å². The standard InChI is InChI=1S/C27H28N4O3/c32-11-5-19-1-7-28-24(14-19)26-16-21(3-9-30-26)13-23(18-34)22-4-10-31-27(17-22)25-15-20(6-12-33)2-8-29-25/h1-4,7-10,14-17,23,32-34H,5-6,11-13,18H2. The molecule has 0 aliphatic heterocycles. The Bertz CT molecular complexity index is 1230. The van der Waals surface area contributed by atoms with E-state index in [0.29, 0.717) is 19.3 Å². The number of hydrogen-bond donors (Lipinski definition) is 3. The van der Waals surface area contributed by atoms with E-state index >= 15 is 0 Å². The fourth-order valence-electron chi connectivity index (χ4n) is 3.95. The van der Waals surface area contributed by atoms with Crippen molar-refractivity contribution in [2.24, 2.45) is 0 Å². The van der Waals surface area contributed by atoms with Gasteiger partial charge in [0.05, 0.1) is 29.4 Å². The van der Waals surface area contributed by atoms with Gasteiger partial charge in [-0.15, -0.1) is 0 Å². The molecule has 4 heterocycles. The number of aliphatic hydroxyl groups is 3. The van der Waals surface area contributed by atoms with E-state index in [1.807, 2.05) is 48.5 Å². The summed E-state index contributed by atoms with van der Waals surface area (Å²) < 4.78 is 0. The summed E-state index contributed by atoms with van der Waals surface area (Å²) in [7, 11) is 0. The van der Waals surface area contributed by atoms with Gasteiger partial charge in [-0.25, -0.2) is 0 Å². The molecule has 0 amide bonds. The van der Waals surface area contributed by atoms with Gasteiger partial charge in [-0.2, -0.15) is 0 Å². The largest absolute Gasteiger partial charge is 0.396 e. The van der Waals surface area contributed by atoms with Crippen molar-refractivity contribution in [1.29, 1.82) is 0 Å². The minimum Gasteiger partial charge on any atom is -0.396 e. The summed E-state index contributed by atoms with van der Waals surface area (Å²) in [5.41, 5.74) is 7.01. The molecule has 0 saturated heterocycles. The van der Waals surface area contributed by atoms with Crippen LogP contribution in [0.15, 0.2) is 73.3 Å². The van der Waals surface area contributed by atoms with Crippen LogP contribution in [-0.2, 0) is 19.3 Å². The van der Waals surface area contributed by atoms with Crippen molar-refractivity contribution in [3.05, 3.63) is 95.6 Å². The van der Waals surface area contributed by atoms with Gasteiger partial charge in [-0.1, -0.05) is 0 Å². The molecule has 0 radical (unpaired) electrons. The first-order valence-corrected chi connectivity index (χ1v) is 11.3. The number of nitrogens with zero attached hydrogens (tertiary/aromatic N) is 4. The van der Waals surface area contributed by atoms with Gasteiger partial charge in [0.2, 0.25) is 0 Å². The van der Waals surface area contributed by atoms with E-state index in [-0.39, 0.29) is 25.7 Å². The second-order valence-corrected chi connectivity index (χ2v) is 8.15. The van der Waals surface area contributed by atoms with Gasteiger partial charge in [0.15, 0.2) is 0 Å². The molecule has 0 aliphatic carbocycles. The molecular formula is C27H28N4O3. The quantitative estimate of drug-likeness (QED) is 0.336. The molecule has 0 fully saturated rings. The van der Waals surface area contributed by atoms with Crippen molar-refractivity contribution in [1.82, 2.24) is 19.9 Å². The molecule has 0 aliphatic rings. The molecular weight excluding hydrogens is 428 g/mol. The SMILES string of the molecule is OCCc1ccnc(-c2cc(CC(CO)c3ccnc(-c4cc(CCO)ccn4)c3)ccn2)c1. The molecule has 1 atom stereocenters. The van der Waals surface area contributed by atoms with E-state index in [2.05, 4.69) is 19.9 Å². The second-order valence-electron chi connectivity index (χ2n) is 8.15. The van der Waals surface area contributed by atoms with Gasteiger partial charge in [0, 0.05) is 43.9 Å².